The van der Waals surface area contributed by atoms with E-state index in [9.17, 15) is 5.11 Å². The molecule has 1 aromatic rings. The number of benzene rings is 1. The molecule has 1 N–H and O–H groups in total. The average Bonchev–Trinajstić information content (AvgIpc) is 2.28. The highest BCUT2D eigenvalue weighted by molar-refractivity contribution is 5.37. The first kappa shape index (κ1) is 14.5. The molecular weight excluding hydrogens is 236 g/mol. The van der Waals surface area contributed by atoms with Crippen molar-refractivity contribution in [1.82, 2.24) is 0 Å². The van der Waals surface area contributed by atoms with Crippen LogP contribution >= 0.6 is 0 Å². The Morgan fingerprint density at radius 1 is 1.21 bits per heavy atom. The van der Waals surface area contributed by atoms with Gasteiger partial charge in [-0.05, 0) is 63.1 Å². The molecule has 1 fully saturated rings. The molecule has 0 heterocycles. The van der Waals surface area contributed by atoms with Crippen molar-refractivity contribution in [3.63, 3.8) is 0 Å². The van der Waals surface area contributed by atoms with Gasteiger partial charge in [0, 0.05) is 13.5 Å². The Labute approximate surface area is 116 Å². The van der Waals surface area contributed by atoms with Crippen molar-refractivity contribution < 1.29 is 9.84 Å². The number of hydrogen-bond donors (Lipinski definition) is 1. The lowest BCUT2D eigenvalue weighted by atomic mass is 9.75. The molecule has 1 aliphatic carbocycles. The largest absolute Gasteiger partial charge is 0.393 e. The lowest BCUT2D eigenvalue weighted by Gasteiger charge is -2.42. The molecule has 1 aromatic carbocycles. The third-order valence-electron chi connectivity index (χ3n) is 4.59. The third kappa shape index (κ3) is 3.18. The van der Waals surface area contributed by atoms with Gasteiger partial charge in [0.05, 0.1) is 11.7 Å². The molecule has 0 aliphatic heterocycles. The van der Waals surface area contributed by atoms with Crippen molar-refractivity contribution in [2.75, 3.05) is 7.11 Å². The van der Waals surface area contributed by atoms with Gasteiger partial charge in [-0.25, -0.2) is 0 Å². The molecule has 0 radical (unpaired) electrons. The number of aliphatic hydroxyl groups excluding tert-OH is 1. The predicted octanol–water partition coefficient (Wildman–Crippen LogP) is 3.47. The molecule has 1 aliphatic rings. The summed E-state index contributed by atoms with van der Waals surface area (Å²) < 4.78 is 5.60. The molecule has 1 unspecified atom stereocenters. The standard InChI is InChI=1S/C17H26O2/c1-12-8-13(2)16(14(3)9-12)10-15(18)11-17(19-4)6-5-7-17/h8-9,15,18H,5-7,10-11H2,1-4H3. The molecule has 2 rings (SSSR count). The van der Waals surface area contributed by atoms with E-state index in [1.807, 2.05) is 0 Å². The van der Waals surface area contributed by atoms with Crippen LogP contribution in [0.4, 0.5) is 0 Å². The van der Waals surface area contributed by atoms with Crippen molar-refractivity contribution in [2.24, 2.45) is 0 Å². The Bertz CT molecular complexity index is 418. The van der Waals surface area contributed by atoms with Crippen molar-refractivity contribution >= 4 is 0 Å². The summed E-state index contributed by atoms with van der Waals surface area (Å²) >= 11 is 0. The number of hydrogen-bond acceptors (Lipinski definition) is 2. The van der Waals surface area contributed by atoms with Gasteiger partial charge in [0.25, 0.3) is 0 Å². The predicted molar refractivity (Wildman–Crippen MR) is 78.6 cm³/mol. The van der Waals surface area contributed by atoms with Crippen molar-refractivity contribution in [1.29, 1.82) is 0 Å². The number of methoxy groups -OCH3 is 1. The Balaban J connectivity index is 2.05. The first-order valence-electron chi connectivity index (χ1n) is 7.26. The van der Waals surface area contributed by atoms with Crippen LogP contribution < -0.4 is 0 Å². The Hall–Kier alpha value is -0.860. The Morgan fingerprint density at radius 3 is 2.21 bits per heavy atom. The molecular formula is C17H26O2. The summed E-state index contributed by atoms with van der Waals surface area (Å²) in [5.41, 5.74) is 5.11. The number of aliphatic hydroxyl groups is 1. The summed E-state index contributed by atoms with van der Waals surface area (Å²) in [5, 5.41) is 10.4. The highest BCUT2D eigenvalue weighted by Crippen LogP contribution is 2.39. The number of rotatable bonds is 5. The van der Waals surface area contributed by atoms with E-state index in [4.69, 9.17) is 4.74 Å². The molecule has 2 heteroatoms. The zero-order chi connectivity index (χ0) is 14.0. The van der Waals surface area contributed by atoms with Gasteiger partial charge in [0.15, 0.2) is 0 Å². The minimum absolute atomic E-state index is 0.0497. The van der Waals surface area contributed by atoms with Gasteiger partial charge in [0.2, 0.25) is 0 Å². The van der Waals surface area contributed by atoms with E-state index in [2.05, 4.69) is 32.9 Å². The molecule has 19 heavy (non-hydrogen) atoms. The highest BCUT2D eigenvalue weighted by atomic mass is 16.5. The number of aryl methyl sites for hydroxylation is 3. The van der Waals surface area contributed by atoms with Crippen LogP contribution in [0.25, 0.3) is 0 Å². The third-order valence-corrected chi connectivity index (χ3v) is 4.59. The van der Waals surface area contributed by atoms with Crippen LogP contribution in [0.5, 0.6) is 0 Å². The SMILES string of the molecule is COC1(CC(O)Cc2c(C)cc(C)cc2C)CCC1. The van der Waals surface area contributed by atoms with Crippen LogP contribution in [-0.2, 0) is 11.2 Å². The van der Waals surface area contributed by atoms with Crippen molar-refractivity contribution in [2.45, 2.75) is 64.6 Å². The lowest BCUT2D eigenvalue weighted by Crippen LogP contribution is -2.42. The van der Waals surface area contributed by atoms with E-state index in [0.717, 1.165) is 25.7 Å². The smallest absolute Gasteiger partial charge is 0.0703 e. The Morgan fingerprint density at radius 2 is 1.79 bits per heavy atom. The second-order valence-corrected chi connectivity index (χ2v) is 6.18. The highest BCUT2D eigenvalue weighted by Gasteiger charge is 2.38. The van der Waals surface area contributed by atoms with Gasteiger partial charge in [0.1, 0.15) is 0 Å². The summed E-state index contributed by atoms with van der Waals surface area (Å²) in [5.74, 6) is 0. The lowest BCUT2D eigenvalue weighted by molar-refractivity contribution is -0.0989. The van der Waals surface area contributed by atoms with E-state index in [1.54, 1.807) is 7.11 Å². The maximum Gasteiger partial charge on any atom is 0.0703 e. The summed E-state index contributed by atoms with van der Waals surface area (Å²) in [6, 6.07) is 4.40. The fraction of sp³-hybridized carbons (Fsp3) is 0.647. The quantitative estimate of drug-likeness (QED) is 0.880. The average molecular weight is 262 g/mol. The van der Waals surface area contributed by atoms with E-state index in [-0.39, 0.29) is 11.7 Å². The maximum atomic E-state index is 10.4. The monoisotopic (exact) mass is 262 g/mol. The molecule has 0 saturated heterocycles. The molecule has 0 bridgehead atoms. The van der Waals surface area contributed by atoms with Crippen LogP contribution in [0.15, 0.2) is 12.1 Å². The molecule has 1 atom stereocenters. The fourth-order valence-corrected chi connectivity index (χ4v) is 3.33. The van der Waals surface area contributed by atoms with E-state index in [1.165, 1.54) is 28.7 Å². The minimum atomic E-state index is -0.305. The molecule has 0 amide bonds. The van der Waals surface area contributed by atoms with Gasteiger partial charge in [-0.3, -0.25) is 0 Å². The summed E-state index contributed by atoms with van der Waals surface area (Å²) in [6.45, 7) is 6.39. The fourth-order valence-electron chi connectivity index (χ4n) is 3.33. The zero-order valence-corrected chi connectivity index (χ0v) is 12.6. The molecule has 1 saturated carbocycles. The van der Waals surface area contributed by atoms with Crippen molar-refractivity contribution in [3.8, 4) is 0 Å². The normalized spacial score (nSPS) is 19.0. The van der Waals surface area contributed by atoms with Gasteiger partial charge < -0.3 is 9.84 Å². The van der Waals surface area contributed by atoms with Gasteiger partial charge in [-0.2, -0.15) is 0 Å². The zero-order valence-electron chi connectivity index (χ0n) is 12.6. The molecule has 106 valence electrons. The van der Waals surface area contributed by atoms with Crippen LogP contribution in [0.1, 0.15) is 47.9 Å². The second-order valence-electron chi connectivity index (χ2n) is 6.18. The second kappa shape index (κ2) is 5.64. The Kier molecular flexibility index (Phi) is 4.32. The van der Waals surface area contributed by atoms with Gasteiger partial charge >= 0.3 is 0 Å². The first-order valence-corrected chi connectivity index (χ1v) is 7.26. The van der Waals surface area contributed by atoms with Gasteiger partial charge in [-0.1, -0.05) is 17.7 Å². The van der Waals surface area contributed by atoms with E-state index < -0.39 is 0 Å². The topological polar surface area (TPSA) is 29.5 Å². The minimum Gasteiger partial charge on any atom is -0.393 e. The summed E-state index contributed by atoms with van der Waals surface area (Å²) in [7, 11) is 1.77. The maximum absolute atomic E-state index is 10.4. The summed E-state index contributed by atoms with van der Waals surface area (Å²) in [4.78, 5) is 0. The van der Waals surface area contributed by atoms with Gasteiger partial charge in [-0.15, -0.1) is 0 Å². The van der Waals surface area contributed by atoms with Crippen LogP contribution in [-0.4, -0.2) is 23.9 Å². The molecule has 0 aromatic heterocycles. The molecule has 2 nitrogen and oxygen atoms in total. The van der Waals surface area contributed by atoms with Crippen LogP contribution in [0.2, 0.25) is 0 Å². The van der Waals surface area contributed by atoms with E-state index in [0.29, 0.717) is 0 Å². The van der Waals surface area contributed by atoms with Crippen LogP contribution in [0.3, 0.4) is 0 Å². The van der Waals surface area contributed by atoms with Crippen LogP contribution in [0, 0.1) is 20.8 Å². The number of ether oxygens (including phenoxy) is 1. The summed E-state index contributed by atoms with van der Waals surface area (Å²) in [6.07, 6.45) is 4.60. The van der Waals surface area contributed by atoms with E-state index >= 15 is 0 Å². The van der Waals surface area contributed by atoms with Crippen molar-refractivity contribution in [3.05, 3.63) is 34.4 Å². The molecule has 0 spiro atoms. The first-order chi connectivity index (χ1) is 8.96.